The third kappa shape index (κ3) is 1.88. The topological polar surface area (TPSA) is 80.0 Å². The summed E-state index contributed by atoms with van der Waals surface area (Å²) in [6, 6.07) is 0.940. The maximum absolute atomic E-state index is 12.4. The van der Waals surface area contributed by atoms with E-state index in [2.05, 4.69) is 15.6 Å². The number of nitrogens with one attached hydrogen (secondary N) is 2. The van der Waals surface area contributed by atoms with Crippen molar-refractivity contribution in [3.63, 3.8) is 0 Å². The van der Waals surface area contributed by atoms with Crippen molar-refractivity contribution in [2.75, 3.05) is 11.1 Å². The lowest BCUT2D eigenvalue weighted by Gasteiger charge is -2.09. The molecule has 4 aliphatic rings. The van der Waals surface area contributed by atoms with Gasteiger partial charge in [-0.25, -0.2) is 4.98 Å². The molecule has 5 rings (SSSR count). The zero-order chi connectivity index (χ0) is 14.1. The number of fused-ring (bicyclic) bond motifs is 5. The number of nitrogens with two attached hydrogens (primary N) is 1. The first-order valence-corrected chi connectivity index (χ1v) is 8.86. The van der Waals surface area contributed by atoms with Gasteiger partial charge >= 0.3 is 0 Å². The first-order chi connectivity index (χ1) is 10.2. The Labute approximate surface area is 127 Å². The van der Waals surface area contributed by atoms with Crippen LogP contribution in [0.5, 0.6) is 0 Å². The Morgan fingerprint density at radius 3 is 2.57 bits per heavy atom. The number of hydrogen-bond donors (Lipinski definition) is 3. The zero-order valence-corrected chi connectivity index (χ0v) is 12.7. The van der Waals surface area contributed by atoms with E-state index in [1.807, 2.05) is 0 Å². The Morgan fingerprint density at radius 2 is 1.90 bits per heavy atom. The highest BCUT2D eigenvalue weighted by Gasteiger charge is 2.65. The largest absolute Gasteiger partial charge is 0.382 e. The predicted octanol–water partition coefficient (Wildman–Crippen LogP) is 2.07. The molecule has 0 aromatic carbocycles. The van der Waals surface area contributed by atoms with Gasteiger partial charge in [-0.2, -0.15) is 0 Å². The summed E-state index contributed by atoms with van der Waals surface area (Å²) < 4.78 is 0. The Balaban J connectivity index is 1.28. The molecule has 4 fully saturated rings. The second-order valence-corrected chi connectivity index (χ2v) is 8.14. The van der Waals surface area contributed by atoms with Crippen molar-refractivity contribution in [2.24, 2.45) is 23.7 Å². The maximum Gasteiger partial charge on any atom is 0.265 e. The van der Waals surface area contributed by atoms with Crippen LogP contribution in [0.1, 0.15) is 41.8 Å². The summed E-state index contributed by atoms with van der Waals surface area (Å²) in [4.78, 5) is 17.3. The number of thiazole rings is 1. The van der Waals surface area contributed by atoms with Gasteiger partial charge in [-0.3, -0.25) is 4.79 Å². The van der Waals surface area contributed by atoms with Gasteiger partial charge in [-0.1, -0.05) is 11.3 Å². The number of anilines is 2. The molecular weight excluding hydrogens is 284 g/mol. The molecule has 21 heavy (non-hydrogen) atoms. The smallest absolute Gasteiger partial charge is 0.265 e. The number of rotatable bonds is 4. The van der Waals surface area contributed by atoms with Crippen LogP contribution in [-0.2, 0) is 0 Å². The number of nitrogens with zero attached hydrogens (tertiary/aromatic N) is 1. The highest BCUT2D eigenvalue weighted by atomic mass is 32.1. The van der Waals surface area contributed by atoms with Gasteiger partial charge in [0, 0.05) is 12.1 Å². The minimum Gasteiger partial charge on any atom is -0.382 e. The third-order valence-corrected chi connectivity index (χ3v) is 6.80. The average molecular weight is 304 g/mol. The van der Waals surface area contributed by atoms with Crippen molar-refractivity contribution in [1.29, 1.82) is 0 Å². The molecule has 0 radical (unpaired) electrons. The molecule has 5 nitrogen and oxygen atoms in total. The van der Waals surface area contributed by atoms with E-state index in [9.17, 15) is 4.79 Å². The van der Waals surface area contributed by atoms with E-state index in [1.54, 1.807) is 0 Å². The van der Waals surface area contributed by atoms with Crippen molar-refractivity contribution < 1.29 is 4.79 Å². The average Bonchev–Trinajstić information content (AvgIpc) is 3.26. The van der Waals surface area contributed by atoms with Crippen molar-refractivity contribution in [2.45, 2.75) is 44.2 Å². The summed E-state index contributed by atoms with van der Waals surface area (Å²) >= 11 is 1.39. The highest BCUT2D eigenvalue weighted by Crippen LogP contribution is 2.65. The highest BCUT2D eigenvalue weighted by molar-refractivity contribution is 7.18. The van der Waals surface area contributed by atoms with Crippen molar-refractivity contribution in [3.8, 4) is 0 Å². The number of carbonyl (C=O) groups is 1. The van der Waals surface area contributed by atoms with E-state index < -0.39 is 0 Å². The monoisotopic (exact) mass is 304 g/mol. The minimum atomic E-state index is -0.0207. The van der Waals surface area contributed by atoms with Crippen LogP contribution in [0.2, 0.25) is 0 Å². The van der Waals surface area contributed by atoms with Gasteiger partial charge in [0.25, 0.3) is 5.91 Å². The quantitative estimate of drug-likeness (QED) is 0.795. The lowest BCUT2D eigenvalue weighted by atomic mass is 10.0. The van der Waals surface area contributed by atoms with E-state index in [0.29, 0.717) is 22.8 Å². The molecule has 1 aromatic heterocycles. The van der Waals surface area contributed by atoms with Gasteiger partial charge in [0.1, 0.15) is 10.7 Å². The van der Waals surface area contributed by atoms with Crippen molar-refractivity contribution in [3.05, 3.63) is 4.88 Å². The van der Waals surface area contributed by atoms with Crippen molar-refractivity contribution >= 4 is 28.2 Å². The first kappa shape index (κ1) is 12.3. The SMILES string of the molecule is Nc1nc(NC2CC2)sc1C(=O)NC1C2C3CCC(C3)C12. The number of hydrogen-bond acceptors (Lipinski definition) is 5. The zero-order valence-electron chi connectivity index (χ0n) is 11.8. The van der Waals surface area contributed by atoms with Gasteiger partial charge in [0.2, 0.25) is 0 Å². The van der Waals surface area contributed by atoms with Crippen LogP contribution in [0.25, 0.3) is 0 Å². The number of nitrogen functional groups attached to an aromatic ring is 1. The van der Waals surface area contributed by atoms with Gasteiger partial charge in [0.15, 0.2) is 5.13 Å². The molecule has 4 saturated carbocycles. The van der Waals surface area contributed by atoms with E-state index in [1.165, 1.54) is 43.4 Å². The molecule has 0 aliphatic heterocycles. The Bertz CT molecular complexity index is 595. The molecule has 4 atom stereocenters. The summed E-state index contributed by atoms with van der Waals surface area (Å²) in [5, 5.41) is 7.32. The van der Waals surface area contributed by atoms with E-state index in [0.717, 1.165) is 28.8 Å². The summed E-state index contributed by atoms with van der Waals surface area (Å²) in [6.45, 7) is 0. The van der Waals surface area contributed by atoms with Crippen LogP contribution in [0, 0.1) is 23.7 Å². The molecule has 1 heterocycles. The summed E-state index contributed by atoms with van der Waals surface area (Å²) in [5.41, 5.74) is 5.92. The van der Waals surface area contributed by atoms with Crippen LogP contribution in [-0.4, -0.2) is 23.0 Å². The molecule has 4 N–H and O–H groups in total. The molecule has 4 aliphatic carbocycles. The fraction of sp³-hybridized carbons (Fsp3) is 0.733. The fourth-order valence-electron chi connectivity index (χ4n) is 4.69. The maximum atomic E-state index is 12.4. The summed E-state index contributed by atoms with van der Waals surface area (Å²) in [5.74, 6) is 3.60. The number of aromatic nitrogens is 1. The van der Waals surface area contributed by atoms with E-state index >= 15 is 0 Å². The standard InChI is InChI=1S/C15H20N4OS/c16-13-12(21-15(19-13)17-8-3-4-8)14(20)18-11-9-6-1-2-7(5-6)10(9)11/h6-11H,1-5,16H2,(H,17,19)(H,18,20). The normalized spacial score (nSPS) is 39.1. The summed E-state index contributed by atoms with van der Waals surface area (Å²) in [6.07, 6.45) is 6.52. The molecule has 4 unspecified atom stereocenters. The van der Waals surface area contributed by atoms with Crippen LogP contribution in [0.4, 0.5) is 10.9 Å². The molecule has 1 aromatic rings. The van der Waals surface area contributed by atoms with E-state index in [-0.39, 0.29) is 5.91 Å². The lowest BCUT2D eigenvalue weighted by Crippen LogP contribution is -2.29. The molecule has 0 spiro atoms. The Morgan fingerprint density at radius 1 is 1.19 bits per heavy atom. The molecule has 6 heteroatoms. The Hall–Kier alpha value is -1.30. The number of amides is 1. The third-order valence-electron chi connectivity index (χ3n) is 5.80. The lowest BCUT2D eigenvalue weighted by molar-refractivity contribution is 0.0949. The van der Waals surface area contributed by atoms with Gasteiger partial charge in [-0.05, 0) is 55.8 Å². The molecule has 2 bridgehead atoms. The minimum absolute atomic E-state index is 0.0207. The summed E-state index contributed by atoms with van der Waals surface area (Å²) in [7, 11) is 0. The number of carbonyl (C=O) groups excluding carboxylic acids is 1. The first-order valence-electron chi connectivity index (χ1n) is 8.04. The van der Waals surface area contributed by atoms with E-state index in [4.69, 9.17) is 5.73 Å². The van der Waals surface area contributed by atoms with Gasteiger partial charge in [0.05, 0.1) is 0 Å². The van der Waals surface area contributed by atoms with Gasteiger partial charge in [-0.15, -0.1) is 0 Å². The van der Waals surface area contributed by atoms with Crippen LogP contribution >= 0.6 is 11.3 Å². The van der Waals surface area contributed by atoms with Crippen LogP contribution in [0.15, 0.2) is 0 Å². The van der Waals surface area contributed by atoms with Crippen LogP contribution < -0.4 is 16.4 Å². The second-order valence-electron chi connectivity index (χ2n) is 7.14. The Kier molecular flexibility index (Phi) is 2.41. The molecule has 0 saturated heterocycles. The van der Waals surface area contributed by atoms with Crippen molar-refractivity contribution in [1.82, 2.24) is 10.3 Å². The predicted molar refractivity (Wildman–Crippen MR) is 82.2 cm³/mol. The molecular formula is C15H20N4OS. The molecule has 112 valence electrons. The second kappa shape index (κ2) is 4.12. The van der Waals surface area contributed by atoms with Crippen LogP contribution in [0.3, 0.4) is 0 Å². The molecule has 1 amide bonds. The van der Waals surface area contributed by atoms with Gasteiger partial charge < -0.3 is 16.4 Å². The fourth-order valence-corrected chi connectivity index (χ4v) is 5.56.